The number of aromatic nitrogens is 2. The smallest absolute Gasteiger partial charge is 0.123 e. The fraction of sp³-hybridized carbons (Fsp3) is 0.0526. The highest BCUT2D eigenvalue weighted by Crippen LogP contribution is 2.32. The van der Waals surface area contributed by atoms with Gasteiger partial charge in [-0.15, -0.1) is 0 Å². The van der Waals surface area contributed by atoms with E-state index in [-0.39, 0.29) is 5.82 Å². The Morgan fingerprint density at radius 1 is 0.909 bits per heavy atom. The van der Waals surface area contributed by atoms with Crippen LogP contribution in [0, 0.1) is 12.7 Å². The molecule has 4 rings (SSSR count). The minimum Gasteiger partial charge on any atom is -0.254 e. The highest BCUT2D eigenvalue weighted by molar-refractivity contribution is 6.09. The second kappa shape index (κ2) is 4.88. The lowest BCUT2D eigenvalue weighted by Crippen LogP contribution is -1.92. The summed E-state index contributed by atoms with van der Waals surface area (Å²) in [6.07, 6.45) is 1.78. The lowest BCUT2D eigenvalue weighted by Gasteiger charge is -2.10. The summed E-state index contributed by atoms with van der Waals surface area (Å²) >= 11 is 0. The van der Waals surface area contributed by atoms with Gasteiger partial charge in [-0.3, -0.25) is 4.98 Å². The maximum absolute atomic E-state index is 13.2. The molecule has 0 spiro atoms. The minimum absolute atomic E-state index is 0.244. The van der Waals surface area contributed by atoms with Gasteiger partial charge in [0.15, 0.2) is 0 Å². The van der Waals surface area contributed by atoms with E-state index in [0.717, 1.165) is 38.6 Å². The van der Waals surface area contributed by atoms with Crippen molar-refractivity contribution in [3.63, 3.8) is 0 Å². The van der Waals surface area contributed by atoms with Gasteiger partial charge in [-0.1, -0.05) is 17.7 Å². The fourth-order valence-corrected chi connectivity index (χ4v) is 2.76. The van der Waals surface area contributed by atoms with Crippen molar-refractivity contribution in [1.29, 1.82) is 0 Å². The van der Waals surface area contributed by atoms with Crippen molar-refractivity contribution in [2.45, 2.75) is 6.92 Å². The molecule has 0 aliphatic carbocycles. The van der Waals surface area contributed by atoms with E-state index in [1.165, 1.54) is 12.1 Å². The van der Waals surface area contributed by atoms with E-state index in [1.54, 1.807) is 18.3 Å². The van der Waals surface area contributed by atoms with Crippen LogP contribution in [-0.4, -0.2) is 9.97 Å². The second-order valence-corrected chi connectivity index (χ2v) is 5.39. The Morgan fingerprint density at radius 3 is 2.55 bits per heavy atom. The topological polar surface area (TPSA) is 25.8 Å². The molecule has 4 aromatic rings. The quantitative estimate of drug-likeness (QED) is 0.466. The molecular weight excluding hydrogens is 275 g/mol. The molecule has 2 aromatic heterocycles. The zero-order chi connectivity index (χ0) is 15.1. The van der Waals surface area contributed by atoms with Crippen molar-refractivity contribution in [2.75, 3.05) is 0 Å². The molecule has 0 atom stereocenters. The summed E-state index contributed by atoms with van der Waals surface area (Å²) in [4.78, 5) is 9.22. The summed E-state index contributed by atoms with van der Waals surface area (Å²) in [5.74, 6) is -0.244. The highest BCUT2D eigenvalue weighted by atomic mass is 19.1. The Morgan fingerprint density at radius 2 is 1.73 bits per heavy atom. The number of aryl methyl sites for hydroxylation is 1. The predicted molar refractivity (Wildman–Crippen MR) is 87.2 cm³/mol. The van der Waals surface area contributed by atoms with Gasteiger partial charge in [0.25, 0.3) is 0 Å². The summed E-state index contributed by atoms with van der Waals surface area (Å²) < 4.78 is 13.2. The van der Waals surface area contributed by atoms with Gasteiger partial charge in [0.1, 0.15) is 5.82 Å². The number of nitrogens with zero attached hydrogens (tertiary/aromatic N) is 2. The van der Waals surface area contributed by atoms with Crippen LogP contribution in [-0.2, 0) is 0 Å². The van der Waals surface area contributed by atoms with Crippen LogP contribution in [0.2, 0.25) is 0 Å². The van der Waals surface area contributed by atoms with Gasteiger partial charge in [0.2, 0.25) is 0 Å². The molecule has 0 unspecified atom stereocenters. The van der Waals surface area contributed by atoms with Crippen LogP contribution in [0.15, 0.2) is 60.8 Å². The fourth-order valence-electron chi connectivity index (χ4n) is 2.76. The maximum Gasteiger partial charge on any atom is 0.123 e. The van der Waals surface area contributed by atoms with Crippen molar-refractivity contribution in [1.82, 2.24) is 9.97 Å². The van der Waals surface area contributed by atoms with E-state index in [1.807, 2.05) is 12.1 Å². The number of hydrogen-bond acceptors (Lipinski definition) is 2. The molecule has 2 heterocycles. The Hall–Kier alpha value is -2.81. The van der Waals surface area contributed by atoms with Crippen molar-refractivity contribution in [2.24, 2.45) is 0 Å². The number of rotatable bonds is 1. The molecule has 0 aliphatic rings. The maximum atomic E-state index is 13.2. The summed E-state index contributed by atoms with van der Waals surface area (Å²) in [5.41, 5.74) is 4.66. The van der Waals surface area contributed by atoms with E-state index in [2.05, 4.69) is 30.1 Å². The third-order valence-corrected chi connectivity index (χ3v) is 3.82. The number of benzene rings is 2. The molecule has 3 heteroatoms. The van der Waals surface area contributed by atoms with Crippen molar-refractivity contribution in [3.05, 3.63) is 72.2 Å². The number of fused-ring (bicyclic) bond motifs is 3. The van der Waals surface area contributed by atoms with Gasteiger partial charge in [-0.25, -0.2) is 9.37 Å². The van der Waals surface area contributed by atoms with Crippen LogP contribution in [0.1, 0.15) is 5.56 Å². The van der Waals surface area contributed by atoms with E-state index in [9.17, 15) is 4.39 Å². The highest BCUT2D eigenvalue weighted by Gasteiger charge is 2.11. The summed E-state index contributed by atoms with van der Waals surface area (Å²) in [6, 6.07) is 16.6. The van der Waals surface area contributed by atoms with Crippen molar-refractivity contribution < 1.29 is 4.39 Å². The molecule has 2 aromatic carbocycles. The van der Waals surface area contributed by atoms with E-state index < -0.39 is 0 Å². The summed E-state index contributed by atoms with van der Waals surface area (Å²) in [7, 11) is 0. The predicted octanol–water partition coefficient (Wildman–Crippen LogP) is 4.90. The molecule has 0 saturated heterocycles. The Bertz CT molecular complexity index is 991. The van der Waals surface area contributed by atoms with Crippen LogP contribution < -0.4 is 0 Å². The van der Waals surface area contributed by atoms with E-state index in [4.69, 9.17) is 4.98 Å². The molecule has 2 nitrogen and oxygen atoms in total. The SMILES string of the molecule is Cc1ccc2c(c1)c(-c1ccc(F)cc1)nc1cccnc12. The van der Waals surface area contributed by atoms with Gasteiger partial charge in [0.05, 0.1) is 16.7 Å². The van der Waals surface area contributed by atoms with Crippen LogP contribution >= 0.6 is 0 Å². The van der Waals surface area contributed by atoms with Gasteiger partial charge >= 0.3 is 0 Å². The van der Waals surface area contributed by atoms with Gasteiger partial charge < -0.3 is 0 Å². The van der Waals surface area contributed by atoms with Crippen molar-refractivity contribution >= 4 is 21.8 Å². The summed E-state index contributed by atoms with van der Waals surface area (Å²) in [6.45, 7) is 2.05. The second-order valence-electron chi connectivity index (χ2n) is 5.39. The third-order valence-electron chi connectivity index (χ3n) is 3.82. The normalized spacial score (nSPS) is 11.2. The molecule has 0 bridgehead atoms. The summed E-state index contributed by atoms with van der Waals surface area (Å²) in [5, 5.41) is 2.10. The largest absolute Gasteiger partial charge is 0.254 e. The lowest BCUT2D eigenvalue weighted by molar-refractivity contribution is 0.628. The monoisotopic (exact) mass is 288 g/mol. The van der Waals surface area contributed by atoms with Crippen molar-refractivity contribution in [3.8, 4) is 11.3 Å². The van der Waals surface area contributed by atoms with Gasteiger partial charge in [-0.2, -0.15) is 0 Å². The lowest BCUT2D eigenvalue weighted by atomic mass is 10.0. The van der Waals surface area contributed by atoms with Crippen LogP contribution in [0.4, 0.5) is 4.39 Å². The zero-order valence-electron chi connectivity index (χ0n) is 12.0. The van der Waals surface area contributed by atoms with E-state index in [0.29, 0.717) is 0 Å². The molecule has 106 valence electrons. The average Bonchev–Trinajstić information content (AvgIpc) is 2.55. The number of hydrogen-bond donors (Lipinski definition) is 0. The Labute approximate surface area is 127 Å². The average molecular weight is 288 g/mol. The molecular formula is C19H13FN2. The first-order valence-corrected chi connectivity index (χ1v) is 7.13. The molecule has 0 aliphatic heterocycles. The first-order valence-electron chi connectivity index (χ1n) is 7.13. The minimum atomic E-state index is -0.244. The first-order chi connectivity index (χ1) is 10.7. The van der Waals surface area contributed by atoms with Gasteiger partial charge in [0, 0.05) is 22.5 Å². The Kier molecular flexibility index (Phi) is 2.86. The molecule has 0 radical (unpaired) electrons. The Balaban J connectivity index is 2.15. The zero-order valence-corrected chi connectivity index (χ0v) is 12.0. The number of pyridine rings is 2. The third kappa shape index (κ3) is 2.02. The van der Waals surface area contributed by atoms with Crippen LogP contribution in [0.3, 0.4) is 0 Å². The molecule has 0 saturated carbocycles. The molecule has 0 amide bonds. The molecule has 22 heavy (non-hydrogen) atoms. The number of halogens is 1. The first kappa shape index (κ1) is 12.9. The van der Waals surface area contributed by atoms with E-state index >= 15 is 0 Å². The molecule has 0 fully saturated rings. The van der Waals surface area contributed by atoms with Crippen LogP contribution in [0.5, 0.6) is 0 Å². The standard InChI is InChI=1S/C19H13FN2/c1-12-4-9-15-16(11-12)18(13-5-7-14(20)8-6-13)22-17-3-2-10-21-19(15)17/h2-11H,1H3. The molecule has 0 N–H and O–H groups in total. The van der Waals surface area contributed by atoms with Gasteiger partial charge in [-0.05, 0) is 49.4 Å². The van der Waals surface area contributed by atoms with Crippen LogP contribution in [0.25, 0.3) is 33.1 Å².